The highest BCUT2D eigenvalue weighted by Crippen LogP contribution is 2.21. The van der Waals surface area contributed by atoms with Crippen molar-refractivity contribution in [1.29, 1.82) is 0 Å². The van der Waals surface area contributed by atoms with Crippen LogP contribution in [0.2, 0.25) is 10.0 Å². The van der Waals surface area contributed by atoms with Crippen molar-refractivity contribution in [1.82, 2.24) is 5.43 Å². The molecule has 0 saturated heterocycles. The number of benzene rings is 2. The van der Waals surface area contributed by atoms with E-state index in [4.69, 9.17) is 27.9 Å². The molecule has 1 amide bonds. The SMILES string of the molecule is CCCOc1ccc(C(=O)N/N=C(\C)c2cc(Cl)ccc2Cl)cc1. The van der Waals surface area contributed by atoms with Crippen molar-refractivity contribution < 1.29 is 9.53 Å². The molecule has 2 aromatic rings. The molecule has 0 heterocycles. The maximum atomic E-state index is 12.1. The third-order valence-corrected chi connectivity index (χ3v) is 3.80. The number of nitrogens with zero attached hydrogens (tertiary/aromatic N) is 1. The Morgan fingerprint density at radius 3 is 2.54 bits per heavy atom. The lowest BCUT2D eigenvalue weighted by Gasteiger charge is -2.07. The topological polar surface area (TPSA) is 50.7 Å². The second kappa shape index (κ2) is 8.71. The Morgan fingerprint density at radius 1 is 1.17 bits per heavy atom. The van der Waals surface area contributed by atoms with Crippen molar-refractivity contribution in [3.63, 3.8) is 0 Å². The molecule has 0 fully saturated rings. The summed E-state index contributed by atoms with van der Waals surface area (Å²) in [5.41, 5.74) is 4.25. The zero-order valence-electron chi connectivity index (χ0n) is 13.5. The number of nitrogens with one attached hydrogen (secondary N) is 1. The highest BCUT2D eigenvalue weighted by atomic mass is 35.5. The monoisotopic (exact) mass is 364 g/mol. The van der Waals surface area contributed by atoms with Gasteiger partial charge in [-0.15, -0.1) is 0 Å². The Bertz CT molecular complexity index is 743. The molecule has 0 aromatic heterocycles. The van der Waals surface area contributed by atoms with Crippen LogP contribution in [0.15, 0.2) is 47.6 Å². The molecular weight excluding hydrogens is 347 g/mol. The first-order valence-electron chi connectivity index (χ1n) is 7.54. The normalized spacial score (nSPS) is 11.2. The van der Waals surface area contributed by atoms with Gasteiger partial charge >= 0.3 is 0 Å². The number of amides is 1. The predicted molar refractivity (Wildman–Crippen MR) is 98.4 cm³/mol. The van der Waals surface area contributed by atoms with E-state index >= 15 is 0 Å². The van der Waals surface area contributed by atoms with Gasteiger partial charge in [-0.25, -0.2) is 5.43 Å². The Morgan fingerprint density at radius 2 is 1.88 bits per heavy atom. The van der Waals surface area contributed by atoms with Crippen molar-refractivity contribution >= 4 is 34.8 Å². The van der Waals surface area contributed by atoms with Gasteiger partial charge in [0.2, 0.25) is 0 Å². The van der Waals surface area contributed by atoms with Crippen LogP contribution < -0.4 is 10.2 Å². The molecule has 0 aliphatic heterocycles. The second-order valence-electron chi connectivity index (χ2n) is 5.14. The number of rotatable bonds is 6. The van der Waals surface area contributed by atoms with Gasteiger partial charge in [-0.05, 0) is 55.8 Å². The van der Waals surface area contributed by atoms with Crippen LogP contribution in [0.1, 0.15) is 36.2 Å². The minimum Gasteiger partial charge on any atom is -0.494 e. The highest BCUT2D eigenvalue weighted by Gasteiger charge is 2.08. The third kappa shape index (κ3) is 4.98. The van der Waals surface area contributed by atoms with E-state index < -0.39 is 0 Å². The van der Waals surface area contributed by atoms with E-state index in [-0.39, 0.29) is 5.91 Å². The minimum atomic E-state index is -0.311. The number of hydrogen-bond acceptors (Lipinski definition) is 3. The van der Waals surface area contributed by atoms with Gasteiger partial charge in [0.25, 0.3) is 5.91 Å². The summed E-state index contributed by atoms with van der Waals surface area (Å²) in [5, 5.41) is 5.16. The summed E-state index contributed by atoms with van der Waals surface area (Å²) in [6.45, 7) is 4.43. The Balaban J connectivity index is 2.05. The molecule has 0 aliphatic carbocycles. The van der Waals surface area contributed by atoms with E-state index in [1.165, 1.54) is 0 Å². The van der Waals surface area contributed by atoms with Crippen molar-refractivity contribution in [2.24, 2.45) is 5.10 Å². The van der Waals surface area contributed by atoms with Gasteiger partial charge in [-0.3, -0.25) is 4.79 Å². The minimum absolute atomic E-state index is 0.311. The summed E-state index contributed by atoms with van der Waals surface area (Å²) in [5.74, 6) is 0.424. The highest BCUT2D eigenvalue weighted by molar-refractivity contribution is 6.36. The second-order valence-corrected chi connectivity index (χ2v) is 5.98. The molecule has 0 spiro atoms. The Kier molecular flexibility index (Phi) is 6.64. The molecule has 0 bridgehead atoms. The maximum Gasteiger partial charge on any atom is 0.271 e. The summed E-state index contributed by atoms with van der Waals surface area (Å²) >= 11 is 12.1. The molecule has 0 atom stereocenters. The van der Waals surface area contributed by atoms with Gasteiger partial charge in [0, 0.05) is 21.2 Å². The summed E-state index contributed by atoms with van der Waals surface area (Å²) in [6, 6.07) is 12.0. The number of ether oxygens (including phenoxy) is 1. The summed E-state index contributed by atoms with van der Waals surface area (Å²) in [4.78, 5) is 12.1. The van der Waals surface area contributed by atoms with Gasteiger partial charge < -0.3 is 4.74 Å². The van der Waals surface area contributed by atoms with Crippen LogP contribution >= 0.6 is 23.2 Å². The number of carbonyl (C=O) groups is 1. The van der Waals surface area contributed by atoms with Crippen LogP contribution in [0.4, 0.5) is 0 Å². The Labute approximate surface area is 151 Å². The molecule has 24 heavy (non-hydrogen) atoms. The van der Waals surface area contributed by atoms with Crippen LogP contribution in [0.5, 0.6) is 5.75 Å². The fourth-order valence-electron chi connectivity index (χ4n) is 1.96. The molecule has 2 rings (SSSR count). The quantitative estimate of drug-likeness (QED) is 0.583. The standard InChI is InChI=1S/C18H18Cl2N2O2/c1-3-10-24-15-7-4-13(5-8-15)18(23)22-21-12(2)16-11-14(19)6-9-17(16)20/h4-9,11H,3,10H2,1-2H3,(H,22,23)/b21-12+. The lowest BCUT2D eigenvalue weighted by molar-refractivity contribution is 0.0955. The van der Waals surface area contributed by atoms with E-state index in [0.717, 1.165) is 12.2 Å². The first-order valence-corrected chi connectivity index (χ1v) is 8.29. The molecule has 2 aromatic carbocycles. The fraction of sp³-hybridized carbons (Fsp3) is 0.222. The molecule has 0 saturated carbocycles. The molecule has 4 nitrogen and oxygen atoms in total. The van der Waals surface area contributed by atoms with Crippen molar-refractivity contribution in [2.45, 2.75) is 20.3 Å². The van der Waals surface area contributed by atoms with Gasteiger partial charge in [0.05, 0.1) is 12.3 Å². The van der Waals surface area contributed by atoms with Gasteiger partial charge in [-0.2, -0.15) is 5.10 Å². The van der Waals surface area contributed by atoms with E-state index in [9.17, 15) is 4.79 Å². The molecule has 6 heteroatoms. The number of hydrogen-bond donors (Lipinski definition) is 1. The molecule has 0 unspecified atom stereocenters. The van der Waals surface area contributed by atoms with Crippen LogP contribution in [-0.2, 0) is 0 Å². The van der Waals surface area contributed by atoms with E-state index in [1.54, 1.807) is 49.4 Å². The molecule has 0 radical (unpaired) electrons. The van der Waals surface area contributed by atoms with Gasteiger partial charge in [-0.1, -0.05) is 30.1 Å². The van der Waals surface area contributed by atoms with Crippen molar-refractivity contribution in [3.8, 4) is 5.75 Å². The predicted octanol–water partition coefficient (Wildman–Crippen LogP) is 4.94. The largest absolute Gasteiger partial charge is 0.494 e. The first-order chi connectivity index (χ1) is 11.5. The zero-order valence-corrected chi connectivity index (χ0v) is 15.0. The lowest BCUT2D eigenvalue weighted by atomic mass is 10.1. The van der Waals surface area contributed by atoms with Gasteiger partial charge in [0.1, 0.15) is 5.75 Å². The van der Waals surface area contributed by atoms with E-state index in [2.05, 4.69) is 10.5 Å². The van der Waals surface area contributed by atoms with Crippen LogP contribution in [0.3, 0.4) is 0 Å². The summed E-state index contributed by atoms with van der Waals surface area (Å²) in [6.07, 6.45) is 0.933. The lowest BCUT2D eigenvalue weighted by Crippen LogP contribution is -2.19. The molecule has 0 aliphatic rings. The molecular formula is C18H18Cl2N2O2. The molecule has 126 valence electrons. The smallest absolute Gasteiger partial charge is 0.271 e. The molecule has 1 N–H and O–H groups in total. The van der Waals surface area contributed by atoms with Crippen LogP contribution in [-0.4, -0.2) is 18.2 Å². The summed E-state index contributed by atoms with van der Waals surface area (Å²) in [7, 11) is 0. The van der Waals surface area contributed by atoms with Crippen LogP contribution in [0.25, 0.3) is 0 Å². The first kappa shape index (κ1) is 18.3. The average Bonchev–Trinajstić information content (AvgIpc) is 2.60. The number of carbonyl (C=O) groups excluding carboxylic acids is 1. The number of halogens is 2. The number of hydrazone groups is 1. The van der Waals surface area contributed by atoms with E-state index in [1.807, 2.05) is 6.92 Å². The maximum absolute atomic E-state index is 12.1. The summed E-state index contributed by atoms with van der Waals surface area (Å²) < 4.78 is 5.48. The zero-order chi connectivity index (χ0) is 17.5. The van der Waals surface area contributed by atoms with Crippen molar-refractivity contribution in [2.75, 3.05) is 6.61 Å². The van der Waals surface area contributed by atoms with E-state index in [0.29, 0.717) is 33.5 Å². The van der Waals surface area contributed by atoms with Gasteiger partial charge in [0.15, 0.2) is 0 Å². The Hall–Kier alpha value is -2.04. The fourth-order valence-corrected chi connectivity index (χ4v) is 2.38. The third-order valence-electron chi connectivity index (χ3n) is 3.23. The van der Waals surface area contributed by atoms with Crippen molar-refractivity contribution in [3.05, 3.63) is 63.6 Å². The van der Waals surface area contributed by atoms with Crippen LogP contribution in [0, 0.1) is 0 Å². The average molecular weight is 365 g/mol.